The van der Waals surface area contributed by atoms with Crippen molar-refractivity contribution in [2.75, 3.05) is 33.8 Å². The van der Waals surface area contributed by atoms with Crippen molar-refractivity contribution in [1.82, 2.24) is 14.4 Å². The van der Waals surface area contributed by atoms with E-state index in [-0.39, 0.29) is 12.0 Å². The highest BCUT2D eigenvalue weighted by Crippen LogP contribution is 2.44. The van der Waals surface area contributed by atoms with E-state index in [1.165, 1.54) is 17.7 Å². The number of hydrogen-bond donors (Lipinski definition) is 0. The molecule has 0 atom stereocenters. The van der Waals surface area contributed by atoms with E-state index in [4.69, 9.17) is 9.47 Å². The smallest absolute Gasteiger partial charge is 0.431 e. The maximum absolute atomic E-state index is 13.5. The summed E-state index contributed by atoms with van der Waals surface area (Å²) in [7, 11) is 3.49. The maximum Gasteiger partial charge on any atom is 0.431 e. The first-order valence-electron chi connectivity index (χ1n) is 11.2. The molecule has 9 heteroatoms. The number of carbonyl (C=O) groups is 1. The van der Waals surface area contributed by atoms with Crippen molar-refractivity contribution in [2.24, 2.45) is 0 Å². The zero-order valence-corrected chi connectivity index (χ0v) is 19.4. The van der Waals surface area contributed by atoms with Crippen LogP contribution in [0.2, 0.25) is 0 Å². The molecular weight excluding hydrogens is 435 g/mol. The summed E-state index contributed by atoms with van der Waals surface area (Å²) in [4.78, 5) is 17.1. The first-order valence-corrected chi connectivity index (χ1v) is 11.2. The molecule has 6 nitrogen and oxygen atoms in total. The summed E-state index contributed by atoms with van der Waals surface area (Å²) in [5, 5.41) is 0. The molecular formula is C24H30F3N3O3. The molecule has 4 rings (SSSR count). The van der Waals surface area contributed by atoms with Gasteiger partial charge in [-0.2, -0.15) is 13.2 Å². The Morgan fingerprint density at radius 2 is 1.73 bits per heavy atom. The van der Waals surface area contributed by atoms with Crippen LogP contribution in [0.25, 0.3) is 0 Å². The summed E-state index contributed by atoms with van der Waals surface area (Å²) < 4.78 is 53.0. The number of piperidine rings is 1. The summed E-state index contributed by atoms with van der Waals surface area (Å²) in [6.07, 6.45) is -3.26. The molecule has 0 aliphatic carbocycles. The van der Waals surface area contributed by atoms with Crippen molar-refractivity contribution >= 4 is 5.91 Å². The lowest BCUT2D eigenvalue weighted by Gasteiger charge is -2.50. The minimum absolute atomic E-state index is 0.0250. The molecule has 1 aromatic carbocycles. The average Bonchev–Trinajstić information content (AvgIpc) is 3.22. The molecule has 1 amide bonds. The number of methoxy groups -OCH3 is 1. The Bertz CT molecular complexity index is 1020. The first-order chi connectivity index (χ1) is 15.6. The van der Waals surface area contributed by atoms with E-state index in [1.54, 1.807) is 29.2 Å². The van der Waals surface area contributed by atoms with Crippen molar-refractivity contribution in [3.63, 3.8) is 0 Å². The lowest BCUT2D eigenvalue weighted by atomic mass is 9.81. The molecule has 3 heterocycles. The molecule has 0 radical (unpaired) electrons. The van der Waals surface area contributed by atoms with Crippen LogP contribution < -0.4 is 9.47 Å². The Hall–Kier alpha value is -2.68. The summed E-state index contributed by atoms with van der Waals surface area (Å²) in [5.74, 6) is 0.948. The Morgan fingerprint density at radius 1 is 1.03 bits per heavy atom. The summed E-state index contributed by atoms with van der Waals surface area (Å²) in [6.45, 7) is 5.59. The standard InChI is InChI=1S/C24H30F3N3O3/c1-16(2)33-18-6-5-17(15-19(18)32-4)22(31)29-11-9-23(10-12-29)20-7-8-21(24(25,26)27)30(20)14-13-28(23)3/h5-8,15-16H,9-14H2,1-4H3. The first kappa shape index (κ1) is 23.5. The SMILES string of the molecule is COc1cc(C(=O)N2CCC3(CC2)c2ccc(C(F)(F)F)n2CCN3C)ccc1OC(C)C. The van der Waals surface area contributed by atoms with Gasteiger partial charge in [0.15, 0.2) is 11.5 Å². The van der Waals surface area contributed by atoms with Crippen LogP contribution in [0.5, 0.6) is 11.5 Å². The van der Waals surface area contributed by atoms with Crippen molar-refractivity contribution in [1.29, 1.82) is 0 Å². The predicted molar refractivity (Wildman–Crippen MR) is 118 cm³/mol. The molecule has 1 fully saturated rings. The van der Waals surface area contributed by atoms with Gasteiger partial charge in [0.05, 0.1) is 18.8 Å². The monoisotopic (exact) mass is 465 g/mol. The van der Waals surface area contributed by atoms with Crippen molar-refractivity contribution < 1.29 is 27.4 Å². The fraction of sp³-hybridized carbons (Fsp3) is 0.542. The number of hydrogen-bond acceptors (Lipinski definition) is 4. The molecule has 1 aromatic heterocycles. The Labute approximate surface area is 191 Å². The molecule has 2 aliphatic heterocycles. The Balaban J connectivity index is 1.54. The number of carbonyl (C=O) groups excluding carboxylic acids is 1. The quantitative estimate of drug-likeness (QED) is 0.673. The number of likely N-dealkylation sites (tertiary alicyclic amines) is 1. The van der Waals surface area contributed by atoms with Crippen LogP contribution in [0.4, 0.5) is 13.2 Å². The second-order valence-electron chi connectivity index (χ2n) is 9.03. The van der Waals surface area contributed by atoms with Gasteiger partial charge in [0.25, 0.3) is 5.91 Å². The topological polar surface area (TPSA) is 46.9 Å². The zero-order valence-electron chi connectivity index (χ0n) is 19.4. The van der Waals surface area contributed by atoms with E-state index < -0.39 is 17.4 Å². The lowest BCUT2D eigenvalue weighted by Crippen LogP contribution is -2.56. The van der Waals surface area contributed by atoms with Gasteiger partial charge in [0.2, 0.25) is 0 Å². The van der Waals surface area contributed by atoms with Crippen LogP contribution in [0.15, 0.2) is 30.3 Å². The molecule has 0 N–H and O–H groups in total. The van der Waals surface area contributed by atoms with Gasteiger partial charge in [0.1, 0.15) is 5.69 Å². The number of halogens is 3. The number of nitrogens with zero attached hydrogens (tertiary/aromatic N) is 3. The number of benzene rings is 1. The molecule has 0 unspecified atom stereocenters. The fourth-order valence-corrected chi connectivity index (χ4v) is 5.07. The van der Waals surface area contributed by atoms with E-state index in [0.29, 0.717) is 61.8 Å². The van der Waals surface area contributed by atoms with E-state index in [1.807, 2.05) is 20.9 Å². The molecule has 33 heavy (non-hydrogen) atoms. The highest BCUT2D eigenvalue weighted by atomic mass is 19.4. The number of amides is 1. The number of fused-ring (bicyclic) bond motifs is 2. The fourth-order valence-electron chi connectivity index (χ4n) is 5.07. The van der Waals surface area contributed by atoms with Gasteiger partial charge in [0, 0.05) is 37.4 Å². The van der Waals surface area contributed by atoms with Crippen molar-refractivity contribution in [3.8, 4) is 11.5 Å². The van der Waals surface area contributed by atoms with Crippen LogP contribution in [-0.4, -0.2) is 60.2 Å². The van der Waals surface area contributed by atoms with E-state index in [0.717, 1.165) is 0 Å². The third-order valence-electron chi connectivity index (χ3n) is 6.79. The van der Waals surface area contributed by atoms with Crippen LogP contribution in [0.3, 0.4) is 0 Å². The van der Waals surface area contributed by atoms with Crippen molar-refractivity contribution in [2.45, 2.75) is 51.1 Å². The Morgan fingerprint density at radius 3 is 2.33 bits per heavy atom. The number of alkyl halides is 3. The number of rotatable bonds is 4. The molecule has 2 aliphatic rings. The van der Waals surface area contributed by atoms with Gasteiger partial charge < -0.3 is 18.9 Å². The molecule has 2 aromatic rings. The minimum atomic E-state index is -4.38. The molecule has 1 spiro atoms. The number of likely N-dealkylation sites (N-methyl/N-ethyl adjacent to an activating group) is 1. The van der Waals surface area contributed by atoms with Crippen molar-refractivity contribution in [3.05, 3.63) is 47.3 Å². The highest BCUT2D eigenvalue weighted by molar-refractivity contribution is 5.95. The highest BCUT2D eigenvalue weighted by Gasteiger charge is 2.47. The summed E-state index contributed by atoms with van der Waals surface area (Å²) >= 11 is 0. The predicted octanol–water partition coefficient (Wildman–Crippen LogP) is 4.38. The molecule has 1 saturated heterocycles. The summed E-state index contributed by atoms with van der Waals surface area (Å²) in [6, 6.07) is 7.92. The second-order valence-corrected chi connectivity index (χ2v) is 9.03. The van der Waals surface area contributed by atoms with E-state index in [9.17, 15) is 18.0 Å². The molecule has 0 bridgehead atoms. The molecule has 180 valence electrons. The van der Waals surface area contributed by atoms with Gasteiger partial charge in [-0.05, 0) is 64.1 Å². The van der Waals surface area contributed by atoms with Crippen LogP contribution in [-0.2, 0) is 18.3 Å². The number of aromatic nitrogens is 1. The lowest BCUT2D eigenvalue weighted by molar-refractivity contribution is -0.144. The summed E-state index contributed by atoms with van der Waals surface area (Å²) in [5.41, 5.74) is 0.0796. The zero-order chi connectivity index (χ0) is 24.0. The average molecular weight is 466 g/mol. The van der Waals surface area contributed by atoms with Gasteiger partial charge in [-0.25, -0.2) is 0 Å². The minimum Gasteiger partial charge on any atom is -0.493 e. The molecule has 0 saturated carbocycles. The van der Waals surface area contributed by atoms with Gasteiger partial charge in [-0.15, -0.1) is 0 Å². The van der Waals surface area contributed by atoms with E-state index in [2.05, 4.69) is 4.90 Å². The van der Waals surface area contributed by atoms with Gasteiger partial charge in [-0.1, -0.05) is 0 Å². The second kappa shape index (κ2) is 8.59. The third kappa shape index (κ3) is 4.18. The van der Waals surface area contributed by atoms with E-state index >= 15 is 0 Å². The maximum atomic E-state index is 13.5. The van der Waals surface area contributed by atoms with Gasteiger partial charge >= 0.3 is 6.18 Å². The van der Waals surface area contributed by atoms with Crippen LogP contribution in [0.1, 0.15) is 48.4 Å². The van der Waals surface area contributed by atoms with Gasteiger partial charge in [-0.3, -0.25) is 9.69 Å². The Kier molecular flexibility index (Phi) is 6.11. The largest absolute Gasteiger partial charge is 0.493 e. The van der Waals surface area contributed by atoms with Crippen LogP contribution in [0, 0.1) is 0 Å². The normalized spacial score (nSPS) is 18.5. The number of ether oxygens (including phenoxy) is 2. The third-order valence-corrected chi connectivity index (χ3v) is 6.79. The van der Waals surface area contributed by atoms with Crippen LogP contribution >= 0.6 is 0 Å².